The molecular formula is C23H24N6O2. The second kappa shape index (κ2) is 10.6. The molecule has 1 atom stereocenters. The largest absolute Gasteiger partial charge is 0.381 e. The first-order valence-electron chi connectivity index (χ1n) is 9.99. The minimum Gasteiger partial charge on any atom is -0.381 e. The van der Waals surface area contributed by atoms with Gasteiger partial charge in [-0.2, -0.15) is 10.4 Å². The highest BCUT2D eigenvalue weighted by molar-refractivity contribution is 5.97. The second-order valence-corrected chi connectivity index (χ2v) is 7.05. The molecule has 0 fully saturated rings. The Balaban J connectivity index is 1.60. The molecule has 1 heterocycles. The molecular weight excluding hydrogens is 392 g/mol. The number of nitrogens with zero attached hydrogens (tertiary/aromatic N) is 2. The van der Waals surface area contributed by atoms with Crippen LogP contribution in [0.2, 0.25) is 0 Å². The van der Waals surface area contributed by atoms with Crippen molar-refractivity contribution in [1.82, 2.24) is 20.8 Å². The van der Waals surface area contributed by atoms with Crippen LogP contribution in [0.3, 0.4) is 0 Å². The number of nitriles is 1. The molecule has 3 aromatic rings. The zero-order valence-corrected chi connectivity index (χ0v) is 17.0. The Kier molecular flexibility index (Phi) is 7.38. The number of benzene rings is 2. The number of amides is 2. The quantitative estimate of drug-likeness (QED) is 0.395. The molecule has 31 heavy (non-hydrogen) atoms. The number of rotatable bonds is 9. The van der Waals surface area contributed by atoms with Crippen molar-refractivity contribution in [2.45, 2.75) is 25.3 Å². The maximum absolute atomic E-state index is 12.8. The minimum atomic E-state index is -0.715. The fourth-order valence-electron chi connectivity index (χ4n) is 3.19. The summed E-state index contributed by atoms with van der Waals surface area (Å²) in [6, 6.07) is 19.6. The van der Waals surface area contributed by atoms with Gasteiger partial charge in [-0.05, 0) is 30.5 Å². The number of H-pyrrole nitrogens is 1. The molecule has 1 aromatic heterocycles. The van der Waals surface area contributed by atoms with Gasteiger partial charge in [-0.1, -0.05) is 48.5 Å². The number of nitrogen functional groups attached to an aromatic ring is 1. The predicted octanol–water partition coefficient (Wildman–Crippen LogP) is 1.95. The standard InChI is InChI=1S/C23H24N6O2/c24-15-18-19(28-29-21(18)25)12-7-13-26-23(31)20(14-16-8-3-1-4-9-16)27-22(30)17-10-5-2-6-11-17/h1-6,8-11,20H,7,12-14H2,(H,26,31)(H,27,30)(H3,25,28,29)/t20-/m0/s1. The molecule has 0 aliphatic carbocycles. The molecule has 0 saturated heterocycles. The lowest BCUT2D eigenvalue weighted by Crippen LogP contribution is -2.48. The van der Waals surface area contributed by atoms with E-state index in [0.717, 1.165) is 5.56 Å². The summed E-state index contributed by atoms with van der Waals surface area (Å²) < 4.78 is 0. The SMILES string of the molecule is N#Cc1c(N)n[nH]c1CCCNC(=O)[C@H](Cc1ccccc1)NC(=O)c1ccccc1. The summed E-state index contributed by atoms with van der Waals surface area (Å²) in [4.78, 5) is 25.4. The van der Waals surface area contributed by atoms with E-state index in [-0.39, 0.29) is 17.6 Å². The van der Waals surface area contributed by atoms with Crippen LogP contribution in [0.1, 0.15) is 33.6 Å². The van der Waals surface area contributed by atoms with Crippen LogP contribution >= 0.6 is 0 Å². The summed E-state index contributed by atoms with van der Waals surface area (Å²) in [5, 5.41) is 21.4. The monoisotopic (exact) mass is 416 g/mol. The van der Waals surface area contributed by atoms with E-state index >= 15 is 0 Å². The molecule has 8 heteroatoms. The number of nitrogens with one attached hydrogen (secondary N) is 3. The summed E-state index contributed by atoms with van der Waals surface area (Å²) >= 11 is 0. The Morgan fingerprint density at radius 1 is 1.10 bits per heavy atom. The van der Waals surface area contributed by atoms with Gasteiger partial charge >= 0.3 is 0 Å². The van der Waals surface area contributed by atoms with E-state index in [9.17, 15) is 9.59 Å². The summed E-state index contributed by atoms with van der Waals surface area (Å²) in [5.74, 6) is -0.394. The molecule has 0 bridgehead atoms. The van der Waals surface area contributed by atoms with Gasteiger partial charge < -0.3 is 16.4 Å². The highest BCUT2D eigenvalue weighted by atomic mass is 16.2. The van der Waals surface area contributed by atoms with Gasteiger partial charge in [0.1, 0.15) is 17.7 Å². The Hall–Kier alpha value is -4.12. The van der Waals surface area contributed by atoms with Crippen LogP contribution in [-0.2, 0) is 17.6 Å². The van der Waals surface area contributed by atoms with Crippen LogP contribution in [0.15, 0.2) is 60.7 Å². The van der Waals surface area contributed by atoms with Crippen molar-refractivity contribution in [1.29, 1.82) is 5.26 Å². The number of aromatic amines is 1. The van der Waals surface area contributed by atoms with Gasteiger partial charge in [0.15, 0.2) is 5.82 Å². The third-order valence-electron chi connectivity index (χ3n) is 4.82. The average Bonchev–Trinajstić information content (AvgIpc) is 3.16. The van der Waals surface area contributed by atoms with Gasteiger partial charge in [0, 0.05) is 18.5 Å². The molecule has 0 spiro atoms. The van der Waals surface area contributed by atoms with Crippen molar-refractivity contribution < 1.29 is 9.59 Å². The van der Waals surface area contributed by atoms with Crippen molar-refractivity contribution in [2.24, 2.45) is 0 Å². The summed E-state index contributed by atoms with van der Waals surface area (Å²) in [6.07, 6.45) is 1.49. The third-order valence-corrected chi connectivity index (χ3v) is 4.82. The lowest BCUT2D eigenvalue weighted by atomic mass is 10.0. The minimum absolute atomic E-state index is 0.174. The second-order valence-electron chi connectivity index (χ2n) is 7.05. The molecule has 8 nitrogen and oxygen atoms in total. The van der Waals surface area contributed by atoms with E-state index in [1.807, 2.05) is 42.5 Å². The first-order chi connectivity index (χ1) is 15.1. The first kappa shape index (κ1) is 21.6. The Morgan fingerprint density at radius 2 is 1.77 bits per heavy atom. The van der Waals surface area contributed by atoms with Gasteiger partial charge in [-0.25, -0.2) is 0 Å². The Bertz CT molecular complexity index is 1060. The highest BCUT2D eigenvalue weighted by Crippen LogP contribution is 2.13. The van der Waals surface area contributed by atoms with Crippen LogP contribution in [0.5, 0.6) is 0 Å². The average molecular weight is 416 g/mol. The van der Waals surface area contributed by atoms with Gasteiger partial charge in [0.2, 0.25) is 5.91 Å². The number of aromatic nitrogens is 2. The molecule has 2 amide bonds. The van der Waals surface area contributed by atoms with Gasteiger partial charge in [-0.15, -0.1) is 0 Å². The van der Waals surface area contributed by atoms with Crippen LogP contribution in [0.4, 0.5) is 5.82 Å². The summed E-state index contributed by atoms with van der Waals surface area (Å²) in [5.41, 5.74) is 8.06. The van der Waals surface area contributed by atoms with E-state index < -0.39 is 6.04 Å². The van der Waals surface area contributed by atoms with Gasteiger partial charge in [-0.3, -0.25) is 14.7 Å². The molecule has 0 saturated carbocycles. The van der Waals surface area contributed by atoms with E-state index in [1.54, 1.807) is 24.3 Å². The first-order valence-corrected chi connectivity index (χ1v) is 9.99. The Labute approximate surface area is 180 Å². The molecule has 0 aliphatic rings. The molecule has 158 valence electrons. The van der Waals surface area contributed by atoms with E-state index in [2.05, 4.69) is 20.8 Å². The zero-order chi connectivity index (χ0) is 22.1. The van der Waals surface area contributed by atoms with Gasteiger partial charge in [0.25, 0.3) is 5.91 Å². The molecule has 0 aliphatic heterocycles. The predicted molar refractivity (Wildman–Crippen MR) is 117 cm³/mol. The fourth-order valence-corrected chi connectivity index (χ4v) is 3.19. The molecule has 0 radical (unpaired) electrons. The number of hydrogen-bond donors (Lipinski definition) is 4. The Morgan fingerprint density at radius 3 is 2.45 bits per heavy atom. The van der Waals surface area contributed by atoms with Crippen LogP contribution in [0, 0.1) is 11.3 Å². The van der Waals surface area contributed by atoms with Crippen LogP contribution in [-0.4, -0.2) is 34.6 Å². The van der Waals surface area contributed by atoms with Crippen LogP contribution in [0.25, 0.3) is 0 Å². The smallest absolute Gasteiger partial charge is 0.251 e. The van der Waals surface area contributed by atoms with Crippen molar-refractivity contribution in [3.8, 4) is 6.07 Å². The van der Waals surface area contributed by atoms with Crippen molar-refractivity contribution in [3.05, 3.63) is 83.0 Å². The van der Waals surface area contributed by atoms with Gasteiger partial charge in [0.05, 0.1) is 5.69 Å². The highest BCUT2D eigenvalue weighted by Gasteiger charge is 2.21. The number of aryl methyl sites for hydroxylation is 1. The number of anilines is 1. The summed E-state index contributed by atoms with van der Waals surface area (Å²) in [6.45, 7) is 0.384. The van der Waals surface area contributed by atoms with E-state index in [4.69, 9.17) is 11.0 Å². The fraction of sp³-hybridized carbons (Fsp3) is 0.217. The molecule has 3 rings (SSSR count). The maximum Gasteiger partial charge on any atom is 0.251 e. The van der Waals surface area contributed by atoms with E-state index in [1.165, 1.54) is 0 Å². The lowest BCUT2D eigenvalue weighted by Gasteiger charge is -2.19. The zero-order valence-electron chi connectivity index (χ0n) is 17.0. The number of carbonyl (C=O) groups is 2. The number of nitrogens with two attached hydrogens (primary N) is 1. The van der Waals surface area contributed by atoms with Crippen LogP contribution < -0.4 is 16.4 Å². The summed E-state index contributed by atoms with van der Waals surface area (Å²) in [7, 11) is 0. The third kappa shape index (κ3) is 5.93. The number of carbonyl (C=O) groups excluding carboxylic acids is 2. The van der Waals surface area contributed by atoms with Crippen molar-refractivity contribution >= 4 is 17.6 Å². The van der Waals surface area contributed by atoms with E-state index in [0.29, 0.717) is 42.6 Å². The maximum atomic E-state index is 12.8. The molecule has 5 N–H and O–H groups in total. The normalized spacial score (nSPS) is 11.3. The van der Waals surface area contributed by atoms with Crippen molar-refractivity contribution in [3.63, 3.8) is 0 Å². The molecule has 2 aromatic carbocycles. The topological polar surface area (TPSA) is 137 Å². The lowest BCUT2D eigenvalue weighted by molar-refractivity contribution is -0.122. The molecule has 0 unspecified atom stereocenters. The number of hydrogen-bond acceptors (Lipinski definition) is 5. The van der Waals surface area contributed by atoms with Crippen molar-refractivity contribution in [2.75, 3.05) is 12.3 Å².